The van der Waals surface area contributed by atoms with Gasteiger partial charge in [-0.25, -0.2) is 0 Å². The van der Waals surface area contributed by atoms with Crippen molar-refractivity contribution in [2.45, 2.75) is 13.5 Å². The van der Waals surface area contributed by atoms with E-state index in [1.165, 1.54) is 5.56 Å². The van der Waals surface area contributed by atoms with Gasteiger partial charge in [0, 0.05) is 27.7 Å². The summed E-state index contributed by atoms with van der Waals surface area (Å²) < 4.78 is 5.22. The molecule has 1 rings (SSSR count). The Bertz CT molecular complexity index is 237. The molecule has 0 spiro atoms. The van der Waals surface area contributed by atoms with Crippen LogP contribution in [0.2, 0.25) is 0 Å². The molecule has 1 aromatic carbocycles. The van der Waals surface area contributed by atoms with Crippen molar-refractivity contribution in [3.8, 4) is 0 Å². The normalized spacial score (nSPS) is 5.57. The number of carbonyl (C=O) groups is 5. The molecule has 6 nitrogen and oxygen atoms in total. The number of hydrogen-bond acceptors (Lipinski definition) is 6. The minimum Gasteiger partial charge on any atom is -0.377 e. The summed E-state index contributed by atoms with van der Waals surface area (Å²) in [6.07, 6.45) is 0. The summed E-state index contributed by atoms with van der Waals surface area (Å²) in [6, 6.07) is 10.2. The second kappa shape index (κ2) is 63.6. The van der Waals surface area contributed by atoms with Crippen molar-refractivity contribution in [1.82, 2.24) is 0 Å². The van der Waals surface area contributed by atoms with Gasteiger partial charge in [-0.05, 0) is 12.5 Å². The Kier molecular flexibility index (Phi) is 110. The molecule has 0 unspecified atom stereocenters. The van der Waals surface area contributed by atoms with Crippen molar-refractivity contribution in [1.29, 1.82) is 0 Å². The second-order valence-electron chi connectivity index (χ2n) is 2.12. The van der Waals surface area contributed by atoms with Crippen LogP contribution in [0.25, 0.3) is 0 Å². The van der Waals surface area contributed by atoms with Crippen LogP contribution in [0.5, 0.6) is 0 Å². The maximum absolute atomic E-state index is 8.00. The van der Waals surface area contributed by atoms with Gasteiger partial charge < -0.3 is 28.7 Å². The van der Waals surface area contributed by atoms with Gasteiger partial charge in [-0.3, -0.25) is 0 Å². The Morgan fingerprint density at radius 2 is 1.10 bits per heavy atom. The molecule has 21 heavy (non-hydrogen) atoms. The van der Waals surface area contributed by atoms with Crippen molar-refractivity contribution in [2.24, 2.45) is 0 Å². The molecule has 0 aliphatic rings. The predicted octanol–water partition coefficient (Wildman–Crippen LogP) is 1.30. The van der Waals surface area contributed by atoms with Crippen LogP contribution in [0, 0.1) is 0 Å². The van der Waals surface area contributed by atoms with Gasteiger partial charge in [-0.1, -0.05) is 30.3 Å². The minimum atomic E-state index is 0. The molecule has 0 heterocycles. The zero-order chi connectivity index (χ0) is 17.2. The SMILES string of the molecule is C=O.C=O.C=O.C=O.C=O.CCOCc1ccccc1.[W]. The molecule has 0 atom stereocenters. The van der Waals surface area contributed by atoms with Crippen LogP contribution in [0.1, 0.15) is 12.5 Å². The molecule has 0 N–H and O–H groups in total. The molecule has 0 aliphatic carbocycles. The molecule has 0 fully saturated rings. The smallest absolute Gasteiger partial charge is 0.106 e. The van der Waals surface area contributed by atoms with Crippen LogP contribution < -0.4 is 0 Å². The molecule has 0 radical (unpaired) electrons. The summed E-state index contributed by atoms with van der Waals surface area (Å²) in [5, 5.41) is 0. The van der Waals surface area contributed by atoms with Crippen molar-refractivity contribution in [3.63, 3.8) is 0 Å². The van der Waals surface area contributed by atoms with Gasteiger partial charge in [0.1, 0.15) is 33.9 Å². The van der Waals surface area contributed by atoms with E-state index in [1.54, 1.807) is 0 Å². The largest absolute Gasteiger partial charge is 0.377 e. The van der Waals surface area contributed by atoms with E-state index in [0.717, 1.165) is 13.2 Å². The molecule has 0 bridgehead atoms. The average Bonchev–Trinajstić information content (AvgIpc) is 2.63. The van der Waals surface area contributed by atoms with Gasteiger partial charge in [0.05, 0.1) is 6.61 Å². The molecular weight excluding hydrogens is 448 g/mol. The van der Waals surface area contributed by atoms with Crippen molar-refractivity contribution in [2.75, 3.05) is 6.61 Å². The first-order valence-corrected chi connectivity index (χ1v) is 4.99. The molecule has 1 aromatic rings. The molecule has 0 saturated heterocycles. The zero-order valence-electron chi connectivity index (χ0n) is 12.2. The van der Waals surface area contributed by atoms with Gasteiger partial charge in [-0.2, -0.15) is 0 Å². The Balaban J connectivity index is -0.0000000440. The molecule has 0 amide bonds. The van der Waals surface area contributed by atoms with Crippen molar-refractivity contribution >= 4 is 33.9 Å². The average molecular weight is 470 g/mol. The fraction of sp³-hybridized carbons (Fsp3) is 0.214. The van der Waals surface area contributed by atoms with E-state index in [2.05, 4.69) is 12.1 Å². The van der Waals surface area contributed by atoms with Crippen LogP contribution in [0.3, 0.4) is 0 Å². The van der Waals surface area contributed by atoms with Gasteiger partial charge in [-0.15, -0.1) is 0 Å². The number of hydrogen-bond donors (Lipinski definition) is 0. The second-order valence-corrected chi connectivity index (χ2v) is 2.12. The Morgan fingerprint density at radius 3 is 1.38 bits per heavy atom. The van der Waals surface area contributed by atoms with Gasteiger partial charge in [0.2, 0.25) is 0 Å². The van der Waals surface area contributed by atoms with Crippen LogP contribution in [0.4, 0.5) is 0 Å². The molecule has 0 aromatic heterocycles. The summed E-state index contributed by atoms with van der Waals surface area (Å²) in [7, 11) is 0. The van der Waals surface area contributed by atoms with E-state index in [-0.39, 0.29) is 21.1 Å². The molecule has 0 aliphatic heterocycles. The van der Waals surface area contributed by atoms with E-state index in [4.69, 9.17) is 28.7 Å². The molecule has 0 saturated carbocycles. The van der Waals surface area contributed by atoms with Gasteiger partial charge in [0.15, 0.2) is 0 Å². The quantitative estimate of drug-likeness (QED) is 0.662. The number of benzene rings is 1. The summed E-state index contributed by atoms with van der Waals surface area (Å²) in [4.78, 5) is 40.0. The zero-order valence-corrected chi connectivity index (χ0v) is 15.1. The molecule has 120 valence electrons. The standard InChI is InChI=1S/C9H12O.5CH2O.W/c1-2-10-8-9-6-4-3-5-7-9;5*1-2;/h3-7H,2,8H2,1H3;5*1H2;. The third-order valence-corrected chi connectivity index (χ3v) is 1.32. The van der Waals surface area contributed by atoms with Crippen LogP contribution in [-0.2, 0) is 56.4 Å². The Hall–Kier alpha value is -1.78. The number of carbonyl (C=O) groups excluding carboxylic acids is 5. The Morgan fingerprint density at radius 1 is 0.762 bits per heavy atom. The van der Waals surface area contributed by atoms with Crippen molar-refractivity contribution < 1.29 is 49.8 Å². The third kappa shape index (κ3) is 45.9. The third-order valence-electron chi connectivity index (χ3n) is 1.32. The van der Waals surface area contributed by atoms with E-state index in [1.807, 2.05) is 59.1 Å². The van der Waals surface area contributed by atoms with E-state index in [0.29, 0.717) is 0 Å². The minimum absolute atomic E-state index is 0. The monoisotopic (exact) mass is 470 g/mol. The summed E-state index contributed by atoms with van der Waals surface area (Å²) >= 11 is 0. The summed E-state index contributed by atoms with van der Waals surface area (Å²) in [5.74, 6) is 0. The van der Waals surface area contributed by atoms with Crippen LogP contribution in [-0.4, -0.2) is 40.6 Å². The van der Waals surface area contributed by atoms with Gasteiger partial charge >= 0.3 is 0 Å². The fourth-order valence-corrected chi connectivity index (χ4v) is 0.794. The maximum atomic E-state index is 8.00. The first-order valence-electron chi connectivity index (χ1n) is 4.99. The van der Waals surface area contributed by atoms with E-state index < -0.39 is 0 Å². The predicted molar refractivity (Wildman–Crippen MR) is 77.4 cm³/mol. The number of ether oxygens (including phenoxy) is 1. The van der Waals surface area contributed by atoms with Gasteiger partial charge in [0.25, 0.3) is 0 Å². The van der Waals surface area contributed by atoms with E-state index >= 15 is 0 Å². The van der Waals surface area contributed by atoms with Crippen LogP contribution >= 0.6 is 0 Å². The first-order chi connectivity index (χ1) is 9.93. The summed E-state index contributed by atoms with van der Waals surface area (Å²) in [6.45, 7) is 13.5. The Labute approximate surface area is 140 Å². The van der Waals surface area contributed by atoms with E-state index in [9.17, 15) is 0 Å². The summed E-state index contributed by atoms with van der Waals surface area (Å²) in [5.41, 5.74) is 1.24. The van der Waals surface area contributed by atoms with Crippen molar-refractivity contribution in [3.05, 3.63) is 35.9 Å². The topological polar surface area (TPSA) is 94.6 Å². The first kappa shape index (κ1) is 36.5. The number of rotatable bonds is 3. The fourth-order valence-electron chi connectivity index (χ4n) is 0.794. The maximum Gasteiger partial charge on any atom is 0.106 e. The molecular formula is C14H22O6W. The molecule has 7 heteroatoms. The van der Waals surface area contributed by atoms with Crippen LogP contribution in [0.15, 0.2) is 30.3 Å².